The fourth-order valence-electron chi connectivity index (χ4n) is 6.10. The third-order valence-electron chi connectivity index (χ3n) is 8.58. The van der Waals surface area contributed by atoms with Crippen molar-refractivity contribution in [1.82, 2.24) is 9.80 Å². The molecule has 5 nitrogen and oxygen atoms in total. The van der Waals surface area contributed by atoms with E-state index in [1.807, 2.05) is 24.3 Å². The summed E-state index contributed by atoms with van der Waals surface area (Å²) in [6, 6.07) is 19.3. The molecule has 42 heavy (non-hydrogen) atoms. The van der Waals surface area contributed by atoms with Crippen LogP contribution in [0.15, 0.2) is 60.7 Å². The number of hydrogen-bond acceptors (Lipinski definition) is 5. The lowest BCUT2D eigenvalue weighted by molar-refractivity contribution is 0.0961. The predicted molar refractivity (Wildman–Crippen MR) is 171 cm³/mol. The zero-order valence-corrected chi connectivity index (χ0v) is 26.3. The summed E-state index contributed by atoms with van der Waals surface area (Å²) in [4.78, 5) is 18.1. The third-order valence-corrected chi connectivity index (χ3v) is 8.58. The molecule has 2 heterocycles. The van der Waals surface area contributed by atoms with Gasteiger partial charge in [0.05, 0.1) is 14.2 Å². The van der Waals surface area contributed by atoms with Crippen molar-refractivity contribution in [3.8, 4) is 11.5 Å². The van der Waals surface area contributed by atoms with Gasteiger partial charge >= 0.3 is 0 Å². The smallest absolute Gasteiger partial charge is 0.162 e. The Balaban J connectivity index is 0.00000242. The molecule has 0 aromatic heterocycles. The van der Waals surface area contributed by atoms with E-state index in [1.165, 1.54) is 28.8 Å². The molecule has 0 spiro atoms. The average molecular weight is 618 g/mol. The van der Waals surface area contributed by atoms with Gasteiger partial charge in [-0.3, -0.25) is 14.6 Å². The lowest BCUT2D eigenvalue weighted by Crippen LogP contribution is -2.33. The maximum Gasteiger partial charge on any atom is 0.162 e. The molecule has 0 radical (unpaired) electrons. The van der Waals surface area contributed by atoms with Gasteiger partial charge in [-0.25, -0.2) is 4.39 Å². The van der Waals surface area contributed by atoms with Crippen LogP contribution >= 0.6 is 24.8 Å². The van der Waals surface area contributed by atoms with Crippen LogP contribution in [0.5, 0.6) is 11.5 Å². The van der Waals surface area contributed by atoms with Gasteiger partial charge in [-0.15, -0.1) is 24.8 Å². The average Bonchev–Trinajstić information content (AvgIpc) is 3.19. The van der Waals surface area contributed by atoms with Gasteiger partial charge in [0.15, 0.2) is 17.3 Å². The van der Waals surface area contributed by atoms with Crippen LogP contribution in [0.25, 0.3) is 0 Å². The number of carbonyl (C=O) groups excluding carboxylic acids is 1. The van der Waals surface area contributed by atoms with Crippen molar-refractivity contribution in [2.45, 2.75) is 51.6 Å². The number of halogens is 3. The summed E-state index contributed by atoms with van der Waals surface area (Å²) >= 11 is 0. The molecule has 0 amide bonds. The van der Waals surface area contributed by atoms with E-state index in [0.29, 0.717) is 12.3 Å². The Kier molecular flexibility index (Phi) is 13.1. The number of ether oxygens (including phenoxy) is 2. The number of Topliss-reactive ketones (excluding diaryl/α,β-unsaturated/α-hetero) is 1. The van der Waals surface area contributed by atoms with Crippen molar-refractivity contribution in [1.29, 1.82) is 0 Å². The Hall–Kier alpha value is -2.64. The minimum Gasteiger partial charge on any atom is -0.493 e. The standard InChI is InChI=1S/C34H41FN2O3.2ClH/c1-39-33-12-6-27(21-34(33)40-2)24-36-17-13-25(14-18-36)5-11-32(38)30-8-7-28-15-19-37(20-16-29(28)22-30)23-26-3-9-31(35)10-4-26;;/h3-4,6-10,12,21-22,25H,5,11,13-20,23-24H2,1-2H3;2*1H. The van der Waals surface area contributed by atoms with Gasteiger partial charge in [0, 0.05) is 38.2 Å². The van der Waals surface area contributed by atoms with Gasteiger partial charge in [-0.2, -0.15) is 0 Å². The molecule has 228 valence electrons. The maximum atomic E-state index is 13.3. The van der Waals surface area contributed by atoms with Crippen LogP contribution in [0, 0.1) is 11.7 Å². The summed E-state index contributed by atoms with van der Waals surface area (Å²) < 4.78 is 24.1. The second-order valence-electron chi connectivity index (χ2n) is 11.3. The Bertz CT molecular complexity index is 1300. The molecule has 2 aliphatic rings. The highest BCUT2D eigenvalue weighted by Gasteiger charge is 2.22. The molecule has 0 bridgehead atoms. The second kappa shape index (κ2) is 16.3. The zero-order chi connectivity index (χ0) is 27.9. The summed E-state index contributed by atoms with van der Waals surface area (Å²) in [5, 5.41) is 0. The summed E-state index contributed by atoms with van der Waals surface area (Å²) in [5.74, 6) is 2.21. The van der Waals surface area contributed by atoms with Gasteiger partial charge in [0.1, 0.15) is 5.82 Å². The molecule has 8 heteroatoms. The highest BCUT2D eigenvalue weighted by Crippen LogP contribution is 2.30. The lowest BCUT2D eigenvalue weighted by atomic mass is 9.89. The van der Waals surface area contributed by atoms with Crippen molar-refractivity contribution in [2.75, 3.05) is 40.4 Å². The van der Waals surface area contributed by atoms with Gasteiger partial charge in [-0.1, -0.05) is 30.3 Å². The Morgan fingerprint density at radius 1 is 0.762 bits per heavy atom. The fraction of sp³-hybridized carbons (Fsp3) is 0.441. The molecular weight excluding hydrogens is 574 g/mol. The minimum atomic E-state index is -0.194. The van der Waals surface area contributed by atoms with E-state index >= 15 is 0 Å². The molecule has 0 aliphatic carbocycles. The Labute approximate surface area is 262 Å². The molecule has 0 saturated carbocycles. The summed E-state index contributed by atoms with van der Waals surface area (Å²) in [5.41, 5.74) is 5.87. The van der Waals surface area contributed by atoms with E-state index in [2.05, 4.69) is 34.1 Å². The fourth-order valence-corrected chi connectivity index (χ4v) is 6.10. The van der Waals surface area contributed by atoms with Crippen molar-refractivity contribution in [3.05, 3.63) is 94.3 Å². The first-order valence-corrected chi connectivity index (χ1v) is 14.6. The topological polar surface area (TPSA) is 42.0 Å². The minimum absolute atomic E-state index is 0. The molecule has 2 aliphatic heterocycles. The number of fused-ring (bicyclic) bond motifs is 1. The van der Waals surface area contributed by atoms with Crippen LogP contribution in [0.1, 0.15) is 58.3 Å². The van der Waals surface area contributed by atoms with E-state index in [4.69, 9.17) is 9.47 Å². The molecule has 0 atom stereocenters. The van der Waals surface area contributed by atoms with Crippen LogP contribution < -0.4 is 9.47 Å². The van der Waals surface area contributed by atoms with Crippen LogP contribution in [-0.2, 0) is 25.9 Å². The van der Waals surface area contributed by atoms with E-state index in [0.717, 1.165) is 94.0 Å². The zero-order valence-electron chi connectivity index (χ0n) is 24.6. The second-order valence-corrected chi connectivity index (χ2v) is 11.3. The number of piperidine rings is 1. The van der Waals surface area contributed by atoms with Crippen molar-refractivity contribution >= 4 is 30.6 Å². The van der Waals surface area contributed by atoms with Gasteiger partial charge in [0.25, 0.3) is 0 Å². The number of ketones is 1. The number of likely N-dealkylation sites (tertiary alicyclic amines) is 1. The van der Waals surface area contributed by atoms with E-state index in [9.17, 15) is 9.18 Å². The molecule has 0 N–H and O–H groups in total. The number of carbonyl (C=O) groups is 1. The van der Waals surface area contributed by atoms with Crippen molar-refractivity contribution in [3.63, 3.8) is 0 Å². The first-order valence-electron chi connectivity index (χ1n) is 14.6. The molecule has 3 aromatic rings. The third kappa shape index (κ3) is 8.93. The van der Waals surface area contributed by atoms with Crippen LogP contribution in [-0.4, -0.2) is 56.0 Å². The number of methoxy groups -OCH3 is 2. The number of hydrogen-bond donors (Lipinski definition) is 0. The Morgan fingerprint density at radius 3 is 2.07 bits per heavy atom. The summed E-state index contributed by atoms with van der Waals surface area (Å²) in [6.45, 7) is 5.77. The van der Waals surface area contributed by atoms with Crippen LogP contribution in [0.2, 0.25) is 0 Å². The van der Waals surface area contributed by atoms with Gasteiger partial charge in [0.2, 0.25) is 0 Å². The summed E-state index contributed by atoms with van der Waals surface area (Å²) in [7, 11) is 3.33. The van der Waals surface area contributed by atoms with E-state index in [1.54, 1.807) is 14.2 Å². The normalized spacial score (nSPS) is 16.0. The molecule has 0 unspecified atom stereocenters. The van der Waals surface area contributed by atoms with Crippen LogP contribution in [0.3, 0.4) is 0 Å². The van der Waals surface area contributed by atoms with Gasteiger partial charge < -0.3 is 9.47 Å². The first-order chi connectivity index (χ1) is 19.5. The SMILES string of the molecule is COc1ccc(CN2CCC(CCC(=O)c3ccc4c(c3)CCN(Cc3ccc(F)cc3)CC4)CC2)cc1OC.Cl.Cl. The van der Waals surface area contributed by atoms with Crippen molar-refractivity contribution in [2.24, 2.45) is 5.92 Å². The molecule has 3 aromatic carbocycles. The largest absolute Gasteiger partial charge is 0.493 e. The lowest BCUT2D eigenvalue weighted by Gasteiger charge is -2.32. The summed E-state index contributed by atoms with van der Waals surface area (Å²) in [6.07, 6.45) is 5.77. The quantitative estimate of drug-likeness (QED) is 0.226. The van der Waals surface area contributed by atoms with Crippen molar-refractivity contribution < 1.29 is 18.7 Å². The van der Waals surface area contributed by atoms with E-state index in [-0.39, 0.29) is 36.4 Å². The van der Waals surface area contributed by atoms with Crippen LogP contribution in [0.4, 0.5) is 4.39 Å². The highest BCUT2D eigenvalue weighted by molar-refractivity contribution is 5.96. The maximum absolute atomic E-state index is 13.3. The molecule has 5 rings (SSSR count). The molecule has 1 fully saturated rings. The first kappa shape index (κ1) is 33.9. The predicted octanol–water partition coefficient (Wildman–Crippen LogP) is 7.16. The van der Waals surface area contributed by atoms with Gasteiger partial charge in [-0.05, 0) is 104 Å². The highest BCUT2D eigenvalue weighted by atomic mass is 35.5. The number of nitrogens with zero attached hydrogens (tertiary/aromatic N) is 2. The monoisotopic (exact) mass is 616 g/mol. The molecule has 1 saturated heterocycles. The number of benzene rings is 3. The number of rotatable bonds is 10. The van der Waals surface area contributed by atoms with E-state index < -0.39 is 0 Å². The molecular formula is C34H43Cl2FN2O3. The Morgan fingerprint density at radius 2 is 1.38 bits per heavy atom.